The van der Waals surface area contributed by atoms with Crippen molar-refractivity contribution in [2.45, 2.75) is 33.1 Å². The number of aryl methyl sites for hydroxylation is 2. The molecule has 0 radical (unpaired) electrons. The number of hydrogen-bond donors (Lipinski definition) is 1. The van der Waals surface area contributed by atoms with Crippen molar-refractivity contribution >= 4 is 17.4 Å². The molecule has 28 heavy (non-hydrogen) atoms. The summed E-state index contributed by atoms with van der Waals surface area (Å²) in [5, 5.41) is 7.32. The first kappa shape index (κ1) is 18.4. The third-order valence-corrected chi connectivity index (χ3v) is 5.59. The number of anilines is 1. The van der Waals surface area contributed by atoms with Crippen molar-refractivity contribution in [1.82, 2.24) is 24.9 Å². The Bertz CT molecular complexity index is 968. The maximum atomic E-state index is 12.4. The molecule has 1 aliphatic rings. The molecule has 3 heterocycles. The highest BCUT2D eigenvalue weighted by Crippen LogP contribution is 2.23. The number of nitrogens with zero attached hydrogens (tertiary/aromatic N) is 5. The topological polar surface area (TPSA) is 75.4 Å². The maximum absolute atomic E-state index is 12.4. The quantitative estimate of drug-likeness (QED) is 0.712. The van der Waals surface area contributed by atoms with Crippen LogP contribution in [0.2, 0.25) is 0 Å². The molecule has 1 aromatic carbocycles. The number of fused-ring (bicyclic) bond motifs is 1. The van der Waals surface area contributed by atoms with Crippen molar-refractivity contribution < 1.29 is 4.79 Å². The molecule has 1 N–H and O–H groups in total. The molecule has 0 saturated carbocycles. The van der Waals surface area contributed by atoms with Crippen LogP contribution >= 0.6 is 0 Å². The summed E-state index contributed by atoms with van der Waals surface area (Å²) in [6.45, 7) is 6.74. The molecule has 0 bridgehead atoms. The van der Waals surface area contributed by atoms with E-state index in [0.29, 0.717) is 24.5 Å². The van der Waals surface area contributed by atoms with E-state index in [2.05, 4.69) is 49.5 Å². The first-order valence-corrected chi connectivity index (χ1v) is 9.84. The summed E-state index contributed by atoms with van der Waals surface area (Å²) in [6.07, 6.45) is 3.73. The molecule has 1 aliphatic heterocycles. The van der Waals surface area contributed by atoms with Gasteiger partial charge in [0.2, 0.25) is 5.91 Å². The molecule has 7 heteroatoms. The lowest BCUT2D eigenvalue weighted by molar-refractivity contribution is -0.121. The monoisotopic (exact) mass is 378 g/mol. The molecule has 3 aromatic rings. The largest absolute Gasteiger partial charge is 0.371 e. The lowest BCUT2D eigenvalue weighted by atomic mass is 10.1. The first-order chi connectivity index (χ1) is 13.6. The Balaban J connectivity index is 1.28. The van der Waals surface area contributed by atoms with Crippen LogP contribution in [0.15, 0.2) is 36.7 Å². The van der Waals surface area contributed by atoms with Crippen molar-refractivity contribution in [2.75, 3.05) is 24.5 Å². The van der Waals surface area contributed by atoms with Gasteiger partial charge in [-0.2, -0.15) is 10.1 Å². The van der Waals surface area contributed by atoms with E-state index in [0.717, 1.165) is 43.0 Å². The summed E-state index contributed by atoms with van der Waals surface area (Å²) in [6, 6.07) is 10.5. The van der Waals surface area contributed by atoms with Gasteiger partial charge < -0.3 is 10.2 Å². The molecule has 1 amide bonds. The third kappa shape index (κ3) is 3.83. The van der Waals surface area contributed by atoms with Crippen LogP contribution in [-0.4, -0.2) is 45.1 Å². The second kappa shape index (κ2) is 7.96. The van der Waals surface area contributed by atoms with Gasteiger partial charge in [0.25, 0.3) is 5.78 Å². The number of hydrogen-bond acceptors (Lipinski definition) is 5. The molecular formula is C21H26N6O. The predicted molar refractivity (Wildman–Crippen MR) is 108 cm³/mol. The van der Waals surface area contributed by atoms with Crippen LogP contribution in [0.3, 0.4) is 0 Å². The van der Waals surface area contributed by atoms with Crippen LogP contribution < -0.4 is 10.2 Å². The summed E-state index contributed by atoms with van der Waals surface area (Å²) < 4.78 is 1.73. The van der Waals surface area contributed by atoms with E-state index < -0.39 is 0 Å². The van der Waals surface area contributed by atoms with Gasteiger partial charge in [-0.3, -0.25) is 4.79 Å². The molecule has 2 aromatic heterocycles. The van der Waals surface area contributed by atoms with Gasteiger partial charge >= 0.3 is 0 Å². The zero-order valence-corrected chi connectivity index (χ0v) is 16.4. The standard InChI is InChI=1S/C21H26N6O/c1-15-19(16(2)27-21(25-15)23-14-24-27)8-9-20(28)22-12-17-10-11-26(13-17)18-6-4-3-5-7-18/h3-7,14,17H,8-13H2,1-2H3,(H,22,28). The number of benzene rings is 1. The summed E-state index contributed by atoms with van der Waals surface area (Å²) in [4.78, 5) is 23.4. The fourth-order valence-electron chi connectivity index (χ4n) is 3.97. The predicted octanol–water partition coefficient (Wildman–Crippen LogP) is 2.32. The Kier molecular flexibility index (Phi) is 5.23. The first-order valence-electron chi connectivity index (χ1n) is 9.84. The average molecular weight is 378 g/mol. The van der Waals surface area contributed by atoms with Crippen LogP contribution in [0, 0.1) is 19.8 Å². The van der Waals surface area contributed by atoms with Crippen molar-refractivity contribution in [3.8, 4) is 0 Å². The van der Waals surface area contributed by atoms with Crippen LogP contribution in [0.4, 0.5) is 5.69 Å². The van der Waals surface area contributed by atoms with Gasteiger partial charge in [0.1, 0.15) is 6.33 Å². The summed E-state index contributed by atoms with van der Waals surface area (Å²) in [5.74, 6) is 1.20. The third-order valence-electron chi connectivity index (χ3n) is 5.59. The minimum Gasteiger partial charge on any atom is -0.371 e. The van der Waals surface area contributed by atoms with E-state index in [9.17, 15) is 4.79 Å². The number of rotatable bonds is 6. The highest BCUT2D eigenvalue weighted by atomic mass is 16.1. The molecule has 7 nitrogen and oxygen atoms in total. The lowest BCUT2D eigenvalue weighted by Crippen LogP contribution is -2.31. The van der Waals surface area contributed by atoms with Crippen LogP contribution in [0.5, 0.6) is 0 Å². The Morgan fingerprint density at radius 2 is 2.07 bits per heavy atom. The van der Waals surface area contributed by atoms with Gasteiger partial charge in [0.15, 0.2) is 0 Å². The van der Waals surface area contributed by atoms with Gasteiger partial charge in [-0.1, -0.05) is 18.2 Å². The molecule has 1 atom stereocenters. The van der Waals surface area contributed by atoms with Crippen LogP contribution in [-0.2, 0) is 11.2 Å². The van der Waals surface area contributed by atoms with Gasteiger partial charge in [-0.15, -0.1) is 0 Å². The van der Waals surface area contributed by atoms with E-state index in [4.69, 9.17) is 0 Å². The number of para-hydroxylation sites is 1. The molecule has 1 fully saturated rings. The van der Waals surface area contributed by atoms with E-state index in [1.54, 1.807) is 4.52 Å². The zero-order chi connectivity index (χ0) is 19.5. The SMILES string of the molecule is Cc1nc2ncnn2c(C)c1CCC(=O)NCC1CCN(c2ccccc2)C1. The van der Waals surface area contributed by atoms with Gasteiger partial charge in [-0.25, -0.2) is 9.50 Å². The van der Waals surface area contributed by atoms with Crippen LogP contribution in [0.25, 0.3) is 5.78 Å². The van der Waals surface area contributed by atoms with Gasteiger partial charge in [0.05, 0.1) is 0 Å². The Labute approximate surface area is 164 Å². The normalized spacial score (nSPS) is 16.6. The smallest absolute Gasteiger partial charge is 0.252 e. The minimum absolute atomic E-state index is 0.0932. The Hall–Kier alpha value is -2.96. The highest BCUT2D eigenvalue weighted by molar-refractivity contribution is 5.76. The highest BCUT2D eigenvalue weighted by Gasteiger charge is 2.23. The number of amides is 1. The minimum atomic E-state index is 0.0932. The maximum Gasteiger partial charge on any atom is 0.252 e. The van der Waals surface area contributed by atoms with E-state index in [1.807, 2.05) is 19.9 Å². The fraction of sp³-hybridized carbons (Fsp3) is 0.429. The number of nitrogens with one attached hydrogen (secondary N) is 1. The summed E-state index contributed by atoms with van der Waals surface area (Å²) in [5.41, 5.74) is 4.25. The second-order valence-electron chi connectivity index (χ2n) is 7.47. The fourth-order valence-corrected chi connectivity index (χ4v) is 3.97. The molecule has 0 spiro atoms. The van der Waals surface area contributed by atoms with E-state index in [1.165, 1.54) is 12.0 Å². The number of aromatic nitrogens is 4. The molecule has 1 unspecified atom stereocenters. The molecule has 146 valence electrons. The van der Waals surface area contributed by atoms with Gasteiger partial charge in [-0.05, 0) is 50.3 Å². The molecule has 4 rings (SSSR count). The second-order valence-corrected chi connectivity index (χ2v) is 7.47. The van der Waals surface area contributed by atoms with Gasteiger partial charge in [0, 0.05) is 43.1 Å². The average Bonchev–Trinajstić information content (AvgIpc) is 3.36. The lowest BCUT2D eigenvalue weighted by Gasteiger charge is -2.18. The Morgan fingerprint density at radius 3 is 2.89 bits per heavy atom. The van der Waals surface area contributed by atoms with Crippen molar-refractivity contribution in [3.05, 3.63) is 53.6 Å². The van der Waals surface area contributed by atoms with Crippen molar-refractivity contribution in [2.24, 2.45) is 5.92 Å². The van der Waals surface area contributed by atoms with Crippen molar-refractivity contribution in [1.29, 1.82) is 0 Å². The van der Waals surface area contributed by atoms with E-state index >= 15 is 0 Å². The molecule has 0 aliphatic carbocycles. The molecular weight excluding hydrogens is 352 g/mol. The summed E-state index contributed by atoms with van der Waals surface area (Å²) in [7, 11) is 0. The molecule has 1 saturated heterocycles. The zero-order valence-electron chi connectivity index (χ0n) is 16.4. The number of carbonyl (C=O) groups excluding carboxylic acids is 1. The number of carbonyl (C=O) groups is 1. The summed E-state index contributed by atoms with van der Waals surface area (Å²) >= 11 is 0. The van der Waals surface area contributed by atoms with Crippen molar-refractivity contribution in [3.63, 3.8) is 0 Å². The van der Waals surface area contributed by atoms with E-state index in [-0.39, 0.29) is 5.91 Å². The van der Waals surface area contributed by atoms with Crippen LogP contribution in [0.1, 0.15) is 29.8 Å². The Morgan fingerprint density at radius 1 is 1.25 bits per heavy atom.